The molecule has 10 nitrogen and oxygen atoms in total. The van der Waals surface area contributed by atoms with Crippen LogP contribution in [0.2, 0.25) is 0 Å². The van der Waals surface area contributed by atoms with Crippen LogP contribution in [-0.4, -0.2) is 90.4 Å². The van der Waals surface area contributed by atoms with E-state index in [0.29, 0.717) is 0 Å². The molecule has 3 aromatic rings. The highest BCUT2D eigenvalue weighted by atomic mass is 32.2. The maximum absolute atomic E-state index is 13.9. The van der Waals surface area contributed by atoms with Crippen molar-refractivity contribution in [3.8, 4) is 0 Å². The van der Waals surface area contributed by atoms with Crippen molar-refractivity contribution in [1.29, 1.82) is 0 Å². The molecule has 1 fully saturated rings. The van der Waals surface area contributed by atoms with E-state index in [-0.39, 0.29) is 42.8 Å². The Labute approximate surface area is 271 Å². The summed E-state index contributed by atoms with van der Waals surface area (Å²) in [7, 11) is -3.98. The SMILES string of the molecule is CC(C)CN(C[C@@H](O)C(Cc1ccccc1)NC(=O)[C@@H](NC(=O)CN1CCCC1)C(C)(C)C)S(=O)(=O)c1ccc2ncsc2c1. The maximum Gasteiger partial charge on any atom is 0.243 e. The second-order valence-electron chi connectivity index (χ2n) is 13.4. The minimum Gasteiger partial charge on any atom is -0.390 e. The van der Waals surface area contributed by atoms with Crippen LogP contribution in [-0.2, 0) is 26.0 Å². The number of fused-ring (bicyclic) bond motifs is 1. The molecule has 45 heavy (non-hydrogen) atoms. The molecule has 0 saturated carbocycles. The van der Waals surface area contributed by atoms with E-state index in [1.165, 1.54) is 15.6 Å². The summed E-state index contributed by atoms with van der Waals surface area (Å²) >= 11 is 1.36. The van der Waals surface area contributed by atoms with Crippen molar-refractivity contribution >= 4 is 43.4 Å². The number of nitrogens with one attached hydrogen (secondary N) is 2. The van der Waals surface area contributed by atoms with Crippen LogP contribution in [0.25, 0.3) is 10.2 Å². The molecule has 0 spiro atoms. The Hall–Kier alpha value is -2.90. The number of aromatic nitrogens is 1. The van der Waals surface area contributed by atoms with E-state index < -0.39 is 39.5 Å². The van der Waals surface area contributed by atoms with Crippen LogP contribution in [0.15, 0.2) is 58.9 Å². The lowest BCUT2D eigenvalue weighted by Crippen LogP contribution is -2.59. The predicted molar refractivity (Wildman–Crippen MR) is 178 cm³/mol. The van der Waals surface area contributed by atoms with Gasteiger partial charge in [0.05, 0.1) is 39.3 Å². The Morgan fingerprint density at radius 2 is 1.73 bits per heavy atom. The molecule has 4 rings (SSSR count). The molecule has 1 aliphatic heterocycles. The summed E-state index contributed by atoms with van der Waals surface area (Å²) in [4.78, 5) is 33.3. The fraction of sp³-hybridized carbons (Fsp3) is 0.545. The zero-order chi connectivity index (χ0) is 32.8. The lowest BCUT2D eigenvalue weighted by Gasteiger charge is -2.35. The van der Waals surface area contributed by atoms with Gasteiger partial charge in [0.15, 0.2) is 0 Å². The topological polar surface area (TPSA) is 132 Å². The lowest BCUT2D eigenvalue weighted by molar-refractivity contribution is -0.133. The van der Waals surface area contributed by atoms with Gasteiger partial charge in [-0.2, -0.15) is 4.31 Å². The maximum atomic E-state index is 13.9. The van der Waals surface area contributed by atoms with Crippen molar-refractivity contribution in [3.05, 3.63) is 59.6 Å². The minimum atomic E-state index is -3.98. The van der Waals surface area contributed by atoms with E-state index in [1.54, 1.807) is 23.7 Å². The molecular formula is C33H47N5O5S2. The van der Waals surface area contributed by atoms with Crippen molar-refractivity contribution < 1.29 is 23.1 Å². The number of hydrogen-bond donors (Lipinski definition) is 3. The highest BCUT2D eigenvalue weighted by Crippen LogP contribution is 2.26. The minimum absolute atomic E-state index is 0.0163. The Morgan fingerprint density at radius 3 is 2.38 bits per heavy atom. The molecule has 0 bridgehead atoms. The first-order valence-corrected chi connectivity index (χ1v) is 17.9. The van der Waals surface area contributed by atoms with Crippen molar-refractivity contribution in [2.24, 2.45) is 11.3 Å². The van der Waals surface area contributed by atoms with Gasteiger partial charge in [0.1, 0.15) is 6.04 Å². The highest BCUT2D eigenvalue weighted by molar-refractivity contribution is 7.89. The molecule has 0 radical (unpaired) electrons. The molecule has 1 unspecified atom stereocenters. The fourth-order valence-corrected chi connectivity index (χ4v) is 8.04. The summed E-state index contributed by atoms with van der Waals surface area (Å²) in [6, 6.07) is 12.6. The van der Waals surface area contributed by atoms with E-state index in [9.17, 15) is 23.1 Å². The van der Waals surface area contributed by atoms with Gasteiger partial charge in [0, 0.05) is 13.1 Å². The third-order valence-corrected chi connectivity index (χ3v) is 10.6. The van der Waals surface area contributed by atoms with Crippen LogP contribution >= 0.6 is 11.3 Å². The van der Waals surface area contributed by atoms with E-state index >= 15 is 0 Å². The largest absolute Gasteiger partial charge is 0.390 e. The predicted octanol–water partition coefficient (Wildman–Crippen LogP) is 3.66. The molecule has 3 atom stereocenters. The number of aliphatic hydroxyl groups excluding tert-OH is 1. The molecule has 12 heteroatoms. The number of amides is 2. The second-order valence-corrected chi connectivity index (χ2v) is 16.2. The molecule has 2 heterocycles. The molecule has 246 valence electrons. The Balaban J connectivity index is 1.57. The monoisotopic (exact) mass is 657 g/mol. The van der Waals surface area contributed by atoms with Crippen LogP contribution in [0, 0.1) is 11.3 Å². The van der Waals surface area contributed by atoms with Gasteiger partial charge in [0.25, 0.3) is 0 Å². The van der Waals surface area contributed by atoms with Crippen molar-refractivity contribution in [3.63, 3.8) is 0 Å². The van der Waals surface area contributed by atoms with Gasteiger partial charge in [-0.15, -0.1) is 11.3 Å². The second kappa shape index (κ2) is 15.1. The number of sulfonamides is 1. The van der Waals surface area contributed by atoms with Crippen molar-refractivity contribution in [1.82, 2.24) is 24.8 Å². The lowest BCUT2D eigenvalue weighted by atomic mass is 9.85. The number of hydrogen-bond acceptors (Lipinski definition) is 8. The Morgan fingerprint density at radius 1 is 1.04 bits per heavy atom. The number of thiazole rings is 1. The Kier molecular flexibility index (Phi) is 11.8. The number of aliphatic hydroxyl groups is 1. The summed E-state index contributed by atoms with van der Waals surface area (Å²) in [6.07, 6.45) is 1.14. The molecule has 2 aromatic carbocycles. The molecule has 1 aromatic heterocycles. The number of carbonyl (C=O) groups is 2. The van der Waals surface area contributed by atoms with Crippen LogP contribution in [0.1, 0.15) is 53.0 Å². The molecule has 1 aliphatic rings. The van der Waals surface area contributed by atoms with Crippen LogP contribution in [0.3, 0.4) is 0 Å². The van der Waals surface area contributed by atoms with E-state index in [1.807, 2.05) is 65.0 Å². The fourth-order valence-electron chi connectivity index (χ4n) is 5.60. The highest BCUT2D eigenvalue weighted by Gasteiger charge is 2.37. The first-order chi connectivity index (χ1) is 21.2. The first-order valence-electron chi connectivity index (χ1n) is 15.6. The van der Waals surface area contributed by atoms with E-state index in [4.69, 9.17) is 0 Å². The third kappa shape index (κ3) is 9.55. The first kappa shape index (κ1) is 35.0. The van der Waals surface area contributed by atoms with E-state index in [2.05, 4.69) is 20.5 Å². The molecular weight excluding hydrogens is 611 g/mol. The number of benzene rings is 2. The van der Waals surface area contributed by atoms with Gasteiger partial charge < -0.3 is 15.7 Å². The molecule has 0 aliphatic carbocycles. The van der Waals surface area contributed by atoms with Crippen molar-refractivity contribution in [2.75, 3.05) is 32.7 Å². The third-order valence-electron chi connectivity index (χ3n) is 7.99. The Bertz CT molecular complexity index is 1530. The average Bonchev–Trinajstić information content (AvgIpc) is 3.66. The average molecular weight is 658 g/mol. The zero-order valence-electron chi connectivity index (χ0n) is 26.9. The zero-order valence-corrected chi connectivity index (χ0v) is 28.5. The summed E-state index contributed by atoms with van der Waals surface area (Å²) < 4.78 is 29.9. The molecule has 2 amide bonds. The number of nitrogens with zero attached hydrogens (tertiary/aromatic N) is 3. The summed E-state index contributed by atoms with van der Waals surface area (Å²) in [5.41, 5.74) is 2.66. The van der Waals surface area contributed by atoms with Gasteiger partial charge in [-0.25, -0.2) is 13.4 Å². The van der Waals surface area contributed by atoms with Gasteiger partial charge >= 0.3 is 0 Å². The van der Waals surface area contributed by atoms with E-state index in [0.717, 1.165) is 41.7 Å². The standard InChI is InChI=1S/C33H47N5O5S2/c1-23(2)19-38(45(42,43)25-13-14-26-29(18-25)44-22-34-26)20-28(39)27(17-24-11-7-6-8-12-24)35-32(41)31(33(3,4)5)36-30(40)21-37-15-9-10-16-37/h6-8,11-14,18,22-23,27-28,31,39H,9-10,15-17,19-21H2,1-5H3,(H,35,41)(H,36,40)/t27?,28-,31-/m1/s1. The van der Waals surface area contributed by atoms with Crippen LogP contribution in [0.5, 0.6) is 0 Å². The molecule has 3 N–H and O–H groups in total. The van der Waals surface area contributed by atoms with Gasteiger partial charge in [0.2, 0.25) is 21.8 Å². The molecule has 1 saturated heterocycles. The number of rotatable bonds is 14. The number of carbonyl (C=O) groups excluding carboxylic acids is 2. The van der Waals surface area contributed by atoms with Crippen LogP contribution < -0.4 is 10.6 Å². The van der Waals surface area contributed by atoms with Gasteiger partial charge in [-0.3, -0.25) is 14.5 Å². The number of likely N-dealkylation sites (tertiary alicyclic amines) is 1. The quantitative estimate of drug-likeness (QED) is 0.241. The van der Waals surface area contributed by atoms with Gasteiger partial charge in [-0.1, -0.05) is 65.0 Å². The van der Waals surface area contributed by atoms with Crippen molar-refractivity contribution in [2.45, 2.75) is 77.0 Å². The van der Waals surface area contributed by atoms with Crippen LogP contribution in [0.4, 0.5) is 0 Å². The van der Waals surface area contributed by atoms with Gasteiger partial charge in [-0.05, 0) is 67.4 Å². The smallest absolute Gasteiger partial charge is 0.243 e. The normalized spacial score (nSPS) is 16.6. The summed E-state index contributed by atoms with van der Waals surface area (Å²) in [5.74, 6) is -0.664. The summed E-state index contributed by atoms with van der Waals surface area (Å²) in [5, 5.41) is 17.6. The summed E-state index contributed by atoms with van der Waals surface area (Å²) in [6.45, 7) is 11.4.